The number of nitrogens with zero attached hydrogens (tertiary/aromatic N) is 2. The van der Waals surface area contributed by atoms with E-state index in [0.717, 1.165) is 22.5 Å². The molecule has 0 radical (unpaired) electrons. The second-order valence-electron chi connectivity index (χ2n) is 4.07. The van der Waals surface area contributed by atoms with E-state index in [4.69, 9.17) is 9.26 Å². The number of nitrogens with one attached hydrogen (secondary N) is 1. The molecule has 1 unspecified atom stereocenters. The van der Waals surface area contributed by atoms with Crippen molar-refractivity contribution in [2.45, 2.75) is 12.5 Å². The molecule has 0 aromatic carbocycles. The second-order valence-corrected chi connectivity index (χ2v) is 5.90. The normalized spacial score (nSPS) is 20.2. The molecule has 0 spiro atoms. The highest BCUT2D eigenvalue weighted by molar-refractivity contribution is 9.10. The predicted molar refractivity (Wildman–Crippen MR) is 71.6 cm³/mol. The van der Waals surface area contributed by atoms with Gasteiger partial charge in [0.05, 0.1) is 18.1 Å². The molecular weight excluding hydrogens is 318 g/mol. The van der Waals surface area contributed by atoms with E-state index >= 15 is 0 Å². The molecule has 1 N–H and O–H groups in total. The van der Waals surface area contributed by atoms with Crippen LogP contribution in [0.2, 0.25) is 0 Å². The summed E-state index contributed by atoms with van der Waals surface area (Å²) in [5, 5.41) is 9.37. The van der Waals surface area contributed by atoms with Gasteiger partial charge in [0, 0.05) is 28.9 Å². The summed E-state index contributed by atoms with van der Waals surface area (Å²) in [6, 6.07) is 2.25. The lowest BCUT2D eigenvalue weighted by molar-refractivity contribution is 0.0744. The van der Waals surface area contributed by atoms with Crippen molar-refractivity contribution >= 4 is 27.3 Å². The largest absolute Gasteiger partial charge is 0.378 e. The van der Waals surface area contributed by atoms with Crippen molar-refractivity contribution in [2.24, 2.45) is 0 Å². The van der Waals surface area contributed by atoms with Gasteiger partial charge in [0.25, 0.3) is 0 Å². The lowest BCUT2D eigenvalue weighted by Gasteiger charge is -2.22. The summed E-state index contributed by atoms with van der Waals surface area (Å²) in [6.45, 7) is 2.35. The lowest BCUT2D eigenvalue weighted by Crippen LogP contribution is -2.42. The Morgan fingerprint density at radius 3 is 3.22 bits per heavy atom. The number of hydrogen-bond acceptors (Lipinski definition) is 6. The smallest absolute Gasteiger partial charge is 0.228 e. The van der Waals surface area contributed by atoms with Gasteiger partial charge in [-0.25, -0.2) is 0 Å². The van der Waals surface area contributed by atoms with Crippen LogP contribution in [0.15, 0.2) is 20.4 Å². The monoisotopic (exact) mass is 329 g/mol. The molecule has 3 rings (SSSR count). The first-order valence-corrected chi connectivity index (χ1v) is 7.36. The summed E-state index contributed by atoms with van der Waals surface area (Å²) >= 11 is 5.00. The van der Waals surface area contributed by atoms with Crippen molar-refractivity contribution < 1.29 is 9.26 Å². The minimum absolute atomic E-state index is 0.266. The molecule has 0 amide bonds. The molecule has 1 saturated heterocycles. The summed E-state index contributed by atoms with van der Waals surface area (Å²) < 4.78 is 11.7. The van der Waals surface area contributed by atoms with Gasteiger partial charge in [-0.15, -0.1) is 11.3 Å². The molecule has 0 saturated carbocycles. The number of rotatable bonds is 3. The minimum Gasteiger partial charge on any atom is -0.378 e. The predicted octanol–water partition coefficient (Wildman–Crippen LogP) is 2.09. The van der Waals surface area contributed by atoms with E-state index in [2.05, 4.69) is 31.4 Å². The molecule has 5 nitrogen and oxygen atoms in total. The van der Waals surface area contributed by atoms with Crippen LogP contribution in [0.3, 0.4) is 0 Å². The molecule has 1 fully saturated rings. The van der Waals surface area contributed by atoms with E-state index in [1.807, 2.05) is 11.4 Å². The highest BCUT2D eigenvalue weighted by Gasteiger charge is 2.18. The van der Waals surface area contributed by atoms with E-state index in [9.17, 15) is 0 Å². The van der Waals surface area contributed by atoms with Crippen LogP contribution in [0, 0.1) is 0 Å². The maximum absolute atomic E-state index is 5.39. The van der Waals surface area contributed by atoms with E-state index in [0.29, 0.717) is 24.7 Å². The average molecular weight is 330 g/mol. The molecule has 1 aliphatic heterocycles. The van der Waals surface area contributed by atoms with Crippen LogP contribution in [-0.2, 0) is 11.2 Å². The Balaban J connectivity index is 1.69. The van der Waals surface area contributed by atoms with Crippen LogP contribution in [0.25, 0.3) is 10.7 Å². The van der Waals surface area contributed by atoms with Crippen molar-refractivity contribution in [2.75, 3.05) is 19.8 Å². The third-order valence-electron chi connectivity index (χ3n) is 2.68. The molecule has 96 valence electrons. The average Bonchev–Trinajstić information content (AvgIpc) is 2.99. The zero-order valence-electron chi connectivity index (χ0n) is 9.56. The molecule has 2 aromatic rings. The summed E-state index contributed by atoms with van der Waals surface area (Å²) in [5.41, 5.74) is 0. The topological polar surface area (TPSA) is 60.2 Å². The SMILES string of the molecule is Brc1csc(-c2noc(CC3COCCN3)n2)c1. The highest BCUT2D eigenvalue weighted by atomic mass is 79.9. The first-order valence-electron chi connectivity index (χ1n) is 5.69. The van der Waals surface area contributed by atoms with Gasteiger partial charge in [-0.3, -0.25) is 0 Å². The molecule has 7 heteroatoms. The number of thiophene rings is 1. The van der Waals surface area contributed by atoms with Crippen molar-refractivity contribution in [3.8, 4) is 10.7 Å². The molecule has 3 heterocycles. The number of ether oxygens (including phenoxy) is 1. The fraction of sp³-hybridized carbons (Fsp3) is 0.455. The Labute approximate surface area is 117 Å². The minimum atomic E-state index is 0.266. The Bertz CT molecular complexity index is 522. The quantitative estimate of drug-likeness (QED) is 0.934. The first kappa shape index (κ1) is 12.3. The lowest BCUT2D eigenvalue weighted by atomic mass is 10.2. The van der Waals surface area contributed by atoms with Crippen LogP contribution in [-0.4, -0.2) is 35.9 Å². The van der Waals surface area contributed by atoms with E-state index in [1.54, 1.807) is 11.3 Å². The van der Waals surface area contributed by atoms with Crippen LogP contribution >= 0.6 is 27.3 Å². The van der Waals surface area contributed by atoms with Gasteiger partial charge in [0.2, 0.25) is 11.7 Å². The molecule has 1 atom stereocenters. The van der Waals surface area contributed by atoms with Crippen LogP contribution in [0.5, 0.6) is 0 Å². The number of hydrogen-bond donors (Lipinski definition) is 1. The summed E-state index contributed by atoms with van der Waals surface area (Å²) in [5.74, 6) is 1.30. The van der Waals surface area contributed by atoms with Gasteiger partial charge < -0.3 is 14.6 Å². The van der Waals surface area contributed by atoms with Crippen molar-refractivity contribution in [3.05, 3.63) is 21.8 Å². The van der Waals surface area contributed by atoms with Crippen LogP contribution in [0.4, 0.5) is 0 Å². The molecule has 18 heavy (non-hydrogen) atoms. The van der Waals surface area contributed by atoms with Gasteiger partial charge in [-0.1, -0.05) is 5.16 Å². The second kappa shape index (κ2) is 5.48. The van der Waals surface area contributed by atoms with Crippen LogP contribution < -0.4 is 5.32 Å². The Morgan fingerprint density at radius 1 is 1.56 bits per heavy atom. The van der Waals surface area contributed by atoms with Gasteiger partial charge in [0.1, 0.15) is 0 Å². The summed E-state index contributed by atoms with van der Waals surface area (Å²) in [4.78, 5) is 5.41. The number of halogens is 1. The summed E-state index contributed by atoms with van der Waals surface area (Å²) in [7, 11) is 0. The standard InChI is InChI=1S/C11H12BrN3O2S/c12-7-3-9(18-6-7)11-14-10(17-15-11)4-8-5-16-2-1-13-8/h3,6,8,13H,1-2,4-5H2. The van der Waals surface area contributed by atoms with Crippen molar-refractivity contribution in [1.29, 1.82) is 0 Å². The number of aromatic nitrogens is 2. The third kappa shape index (κ3) is 2.80. The molecule has 2 aromatic heterocycles. The van der Waals surface area contributed by atoms with Gasteiger partial charge in [-0.2, -0.15) is 4.98 Å². The van der Waals surface area contributed by atoms with Gasteiger partial charge in [-0.05, 0) is 22.0 Å². The third-order valence-corrected chi connectivity index (χ3v) is 4.36. The maximum Gasteiger partial charge on any atom is 0.228 e. The molecule has 0 bridgehead atoms. The first-order chi connectivity index (χ1) is 8.81. The Hall–Kier alpha value is -0.760. The Morgan fingerprint density at radius 2 is 2.50 bits per heavy atom. The fourth-order valence-electron chi connectivity index (χ4n) is 1.83. The van der Waals surface area contributed by atoms with Crippen LogP contribution in [0.1, 0.15) is 5.89 Å². The van der Waals surface area contributed by atoms with Gasteiger partial charge in [0.15, 0.2) is 0 Å². The summed E-state index contributed by atoms with van der Waals surface area (Å²) in [6.07, 6.45) is 0.708. The molecule has 0 aliphatic carbocycles. The Kier molecular flexibility index (Phi) is 3.74. The van der Waals surface area contributed by atoms with E-state index in [1.165, 1.54) is 0 Å². The zero-order valence-corrected chi connectivity index (χ0v) is 12.0. The molecule has 1 aliphatic rings. The fourth-order valence-corrected chi connectivity index (χ4v) is 3.18. The van der Waals surface area contributed by atoms with Crippen molar-refractivity contribution in [3.63, 3.8) is 0 Å². The van der Waals surface area contributed by atoms with E-state index < -0.39 is 0 Å². The van der Waals surface area contributed by atoms with Gasteiger partial charge >= 0.3 is 0 Å². The van der Waals surface area contributed by atoms with E-state index in [-0.39, 0.29) is 6.04 Å². The van der Waals surface area contributed by atoms with Crippen molar-refractivity contribution in [1.82, 2.24) is 15.5 Å². The zero-order chi connectivity index (χ0) is 12.4. The number of morpholine rings is 1. The highest BCUT2D eigenvalue weighted by Crippen LogP contribution is 2.27. The maximum atomic E-state index is 5.39. The molecular formula is C11H12BrN3O2S.